The minimum Gasteiger partial charge on any atom is -0.497 e. The fraction of sp³-hybridized carbons (Fsp3) is 0.267. The Hall–Kier alpha value is -3.01. The lowest BCUT2D eigenvalue weighted by Crippen LogP contribution is -2.20. The molecular formula is C15H17N5O2. The van der Waals surface area contributed by atoms with Crippen LogP contribution in [0.15, 0.2) is 30.5 Å². The molecule has 0 fully saturated rings. The highest BCUT2D eigenvalue weighted by Gasteiger charge is 2.13. The van der Waals surface area contributed by atoms with E-state index in [9.17, 15) is 4.79 Å². The van der Waals surface area contributed by atoms with Crippen LogP contribution in [0.25, 0.3) is 0 Å². The lowest BCUT2D eigenvalue weighted by atomic mass is 10.3. The van der Waals surface area contributed by atoms with Crippen LogP contribution in [0.2, 0.25) is 0 Å². The third-order valence-electron chi connectivity index (χ3n) is 2.94. The van der Waals surface area contributed by atoms with Gasteiger partial charge < -0.3 is 10.1 Å². The van der Waals surface area contributed by atoms with Crippen LogP contribution in [0.1, 0.15) is 25.5 Å². The number of amides is 2. The first-order valence-corrected chi connectivity index (χ1v) is 6.74. The minimum atomic E-state index is -0.473. The number of anilines is 2. The van der Waals surface area contributed by atoms with Gasteiger partial charge >= 0.3 is 6.03 Å². The van der Waals surface area contributed by atoms with Crippen molar-refractivity contribution in [3.8, 4) is 11.8 Å². The van der Waals surface area contributed by atoms with Gasteiger partial charge in [0, 0.05) is 24.0 Å². The van der Waals surface area contributed by atoms with E-state index in [1.54, 1.807) is 42.3 Å². The van der Waals surface area contributed by atoms with E-state index in [0.29, 0.717) is 17.0 Å². The Kier molecular flexibility index (Phi) is 4.63. The van der Waals surface area contributed by atoms with Gasteiger partial charge in [-0.2, -0.15) is 10.4 Å². The number of benzene rings is 1. The molecule has 0 radical (unpaired) electrons. The van der Waals surface area contributed by atoms with Crippen molar-refractivity contribution in [1.82, 2.24) is 9.78 Å². The quantitative estimate of drug-likeness (QED) is 0.907. The standard InChI is InChI=1S/C15H17N5O2/c1-10(2)20-9-11(8-16)14(19-20)18-15(21)17-12-5-4-6-13(7-12)22-3/h4-7,9-10H,1-3H3,(H2,17,18,19,21). The van der Waals surface area contributed by atoms with Crippen LogP contribution in [0.3, 0.4) is 0 Å². The number of urea groups is 1. The van der Waals surface area contributed by atoms with Crippen molar-refractivity contribution < 1.29 is 9.53 Å². The highest BCUT2D eigenvalue weighted by molar-refractivity contribution is 5.99. The molecule has 2 N–H and O–H groups in total. The SMILES string of the molecule is COc1cccc(NC(=O)Nc2nn(C(C)C)cc2C#N)c1. The van der Waals surface area contributed by atoms with Gasteiger partial charge in [0.2, 0.25) is 0 Å². The molecule has 2 aromatic rings. The fourth-order valence-corrected chi connectivity index (χ4v) is 1.80. The molecule has 2 rings (SSSR count). The second-order valence-electron chi connectivity index (χ2n) is 4.89. The number of carbonyl (C=O) groups is 1. The predicted octanol–water partition coefficient (Wildman–Crippen LogP) is 2.99. The summed E-state index contributed by atoms with van der Waals surface area (Å²) in [6.07, 6.45) is 1.60. The molecule has 22 heavy (non-hydrogen) atoms. The number of ether oxygens (including phenoxy) is 1. The summed E-state index contributed by atoms with van der Waals surface area (Å²) in [5.74, 6) is 0.871. The molecule has 0 saturated heterocycles. The summed E-state index contributed by atoms with van der Waals surface area (Å²) in [6, 6.07) is 8.61. The van der Waals surface area contributed by atoms with E-state index in [2.05, 4.69) is 15.7 Å². The maximum atomic E-state index is 12.0. The molecule has 0 unspecified atom stereocenters. The van der Waals surface area contributed by atoms with Gasteiger partial charge in [-0.15, -0.1) is 0 Å². The molecule has 0 atom stereocenters. The van der Waals surface area contributed by atoms with E-state index in [4.69, 9.17) is 10.00 Å². The minimum absolute atomic E-state index is 0.101. The Bertz CT molecular complexity index is 715. The van der Waals surface area contributed by atoms with E-state index in [-0.39, 0.29) is 11.9 Å². The fourth-order valence-electron chi connectivity index (χ4n) is 1.80. The molecule has 0 aliphatic heterocycles. The normalized spacial score (nSPS) is 10.1. The number of aromatic nitrogens is 2. The lowest BCUT2D eigenvalue weighted by Gasteiger charge is -2.08. The van der Waals surface area contributed by atoms with Crippen LogP contribution >= 0.6 is 0 Å². The largest absolute Gasteiger partial charge is 0.497 e. The molecule has 2 amide bonds. The van der Waals surface area contributed by atoms with Crippen molar-refractivity contribution in [3.63, 3.8) is 0 Å². The van der Waals surface area contributed by atoms with Crippen molar-refractivity contribution in [2.75, 3.05) is 17.7 Å². The van der Waals surface area contributed by atoms with Gasteiger partial charge in [0.25, 0.3) is 0 Å². The first kappa shape index (κ1) is 15.4. The summed E-state index contributed by atoms with van der Waals surface area (Å²) in [6.45, 7) is 3.88. The molecule has 7 heteroatoms. The van der Waals surface area contributed by atoms with Crippen molar-refractivity contribution in [1.29, 1.82) is 5.26 Å². The molecule has 0 aliphatic rings. The maximum Gasteiger partial charge on any atom is 0.324 e. The number of nitriles is 1. The zero-order valence-corrected chi connectivity index (χ0v) is 12.6. The third-order valence-corrected chi connectivity index (χ3v) is 2.94. The Morgan fingerprint density at radius 3 is 2.82 bits per heavy atom. The van der Waals surface area contributed by atoms with Crippen LogP contribution in [0.4, 0.5) is 16.3 Å². The summed E-state index contributed by atoms with van der Waals surface area (Å²) in [4.78, 5) is 12.0. The molecule has 0 aliphatic carbocycles. The van der Waals surface area contributed by atoms with Gasteiger partial charge in [0.1, 0.15) is 17.4 Å². The smallest absolute Gasteiger partial charge is 0.324 e. The topological polar surface area (TPSA) is 92.0 Å². The molecule has 0 spiro atoms. The first-order valence-electron chi connectivity index (χ1n) is 6.74. The molecular weight excluding hydrogens is 282 g/mol. The number of nitrogens with one attached hydrogen (secondary N) is 2. The number of rotatable bonds is 4. The molecule has 1 heterocycles. The van der Waals surface area contributed by atoms with Crippen molar-refractivity contribution in [2.24, 2.45) is 0 Å². The third kappa shape index (κ3) is 3.55. The van der Waals surface area contributed by atoms with Crippen LogP contribution in [-0.2, 0) is 0 Å². The van der Waals surface area contributed by atoms with Gasteiger partial charge in [-0.1, -0.05) is 6.07 Å². The number of hydrogen-bond donors (Lipinski definition) is 2. The van der Waals surface area contributed by atoms with Gasteiger partial charge in [0.05, 0.1) is 7.11 Å². The first-order chi connectivity index (χ1) is 10.5. The average Bonchev–Trinajstić information content (AvgIpc) is 2.90. The maximum absolute atomic E-state index is 12.0. The Balaban J connectivity index is 2.10. The second-order valence-corrected chi connectivity index (χ2v) is 4.89. The Morgan fingerprint density at radius 1 is 1.41 bits per heavy atom. The summed E-state index contributed by atoms with van der Waals surface area (Å²) in [5.41, 5.74) is 0.896. The number of carbonyl (C=O) groups excluding carboxylic acids is 1. The molecule has 114 valence electrons. The zero-order valence-electron chi connectivity index (χ0n) is 12.6. The summed E-state index contributed by atoms with van der Waals surface area (Å²) in [7, 11) is 1.55. The molecule has 7 nitrogen and oxygen atoms in total. The average molecular weight is 299 g/mol. The number of methoxy groups -OCH3 is 1. The zero-order chi connectivity index (χ0) is 16.1. The van der Waals surface area contributed by atoms with E-state index < -0.39 is 6.03 Å². The second kappa shape index (κ2) is 6.63. The lowest BCUT2D eigenvalue weighted by molar-refractivity contribution is 0.262. The van der Waals surface area contributed by atoms with Gasteiger partial charge in [-0.05, 0) is 26.0 Å². The Labute approximate surface area is 128 Å². The predicted molar refractivity (Wildman–Crippen MR) is 83.0 cm³/mol. The van der Waals surface area contributed by atoms with Crippen LogP contribution in [-0.4, -0.2) is 22.9 Å². The highest BCUT2D eigenvalue weighted by atomic mass is 16.5. The van der Waals surface area contributed by atoms with Gasteiger partial charge in [0.15, 0.2) is 5.82 Å². The van der Waals surface area contributed by atoms with E-state index in [0.717, 1.165) is 0 Å². The van der Waals surface area contributed by atoms with Crippen LogP contribution in [0, 0.1) is 11.3 Å². The molecule has 0 saturated carbocycles. The highest BCUT2D eigenvalue weighted by Crippen LogP contribution is 2.18. The number of hydrogen-bond acceptors (Lipinski definition) is 4. The number of nitrogens with zero attached hydrogens (tertiary/aromatic N) is 3. The van der Waals surface area contributed by atoms with E-state index in [1.807, 2.05) is 19.9 Å². The van der Waals surface area contributed by atoms with Crippen LogP contribution < -0.4 is 15.4 Å². The Morgan fingerprint density at radius 2 is 2.18 bits per heavy atom. The van der Waals surface area contributed by atoms with Gasteiger partial charge in [-0.25, -0.2) is 4.79 Å². The van der Waals surface area contributed by atoms with Crippen molar-refractivity contribution in [3.05, 3.63) is 36.0 Å². The van der Waals surface area contributed by atoms with E-state index in [1.165, 1.54) is 0 Å². The van der Waals surface area contributed by atoms with Crippen molar-refractivity contribution >= 4 is 17.5 Å². The summed E-state index contributed by atoms with van der Waals surface area (Å²) < 4.78 is 6.72. The monoisotopic (exact) mass is 299 g/mol. The van der Waals surface area contributed by atoms with E-state index >= 15 is 0 Å². The molecule has 0 bridgehead atoms. The van der Waals surface area contributed by atoms with Crippen LogP contribution in [0.5, 0.6) is 5.75 Å². The van der Waals surface area contributed by atoms with Crippen molar-refractivity contribution in [2.45, 2.75) is 19.9 Å². The molecule has 1 aromatic carbocycles. The molecule has 1 aromatic heterocycles. The summed E-state index contributed by atoms with van der Waals surface area (Å²) in [5, 5.41) is 18.5. The van der Waals surface area contributed by atoms with Gasteiger partial charge in [-0.3, -0.25) is 10.00 Å². The summed E-state index contributed by atoms with van der Waals surface area (Å²) >= 11 is 0.